The molecule has 1 atom stereocenters. The smallest absolute Gasteiger partial charge is 0.128 e. The molecule has 0 radical (unpaired) electrons. The van der Waals surface area contributed by atoms with Crippen LogP contribution in [0.15, 0.2) is 22.7 Å². The SMILES string of the molecule is CN1CCCC(CCOCc2cc(Br)ccc2F)C1. The predicted octanol–water partition coefficient (Wildman–Crippen LogP) is 3.84. The highest BCUT2D eigenvalue weighted by atomic mass is 79.9. The predicted molar refractivity (Wildman–Crippen MR) is 78.6 cm³/mol. The van der Waals surface area contributed by atoms with Crippen LogP contribution in [0.1, 0.15) is 24.8 Å². The lowest BCUT2D eigenvalue weighted by Gasteiger charge is -2.29. The molecule has 4 heteroatoms. The number of rotatable bonds is 5. The molecule has 0 aromatic heterocycles. The minimum absolute atomic E-state index is 0.194. The van der Waals surface area contributed by atoms with E-state index in [1.54, 1.807) is 12.1 Å². The normalized spacial score (nSPS) is 20.7. The van der Waals surface area contributed by atoms with Crippen LogP contribution in [0.3, 0.4) is 0 Å². The van der Waals surface area contributed by atoms with Crippen LogP contribution < -0.4 is 0 Å². The Morgan fingerprint density at radius 3 is 3.11 bits per heavy atom. The Balaban J connectivity index is 1.70. The van der Waals surface area contributed by atoms with E-state index in [9.17, 15) is 4.39 Å². The van der Waals surface area contributed by atoms with Gasteiger partial charge >= 0.3 is 0 Å². The average Bonchev–Trinajstić information content (AvgIpc) is 2.39. The van der Waals surface area contributed by atoms with Gasteiger partial charge in [-0.05, 0) is 57.0 Å². The Kier molecular flexibility index (Phi) is 5.79. The second-order valence-electron chi connectivity index (χ2n) is 5.35. The van der Waals surface area contributed by atoms with Crippen LogP contribution in [0.5, 0.6) is 0 Å². The van der Waals surface area contributed by atoms with E-state index in [0.717, 1.165) is 23.4 Å². The first-order valence-corrected chi connectivity index (χ1v) is 7.64. The summed E-state index contributed by atoms with van der Waals surface area (Å²) in [7, 11) is 2.17. The minimum Gasteiger partial charge on any atom is -0.377 e. The van der Waals surface area contributed by atoms with Gasteiger partial charge in [-0.3, -0.25) is 0 Å². The first-order valence-electron chi connectivity index (χ1n) is 6.85. The number of likely N-dealkylation sites (tertiary alicyclic amines) is 1. The summed E-state index contributed by atoms with van der Waals surface area (Å²) in [6.45, 7) is 3.44. The van der Waals surface area contributed by atoms with Gasteiger partial charge < -0.3 is 9.64 Å². The first-order chi connectivity index (χ1) is 9.15. The van der Waals surface area contributed by atoms with Crippen molar-refractivity contribution in [2.24, 2.45) is 5.92 Å². The molecular weight excluding hydrogens is 309 g/mol. The summed E-state index contributed by atoms with van der Waals surface area (Å²) in [5, 5.41) is 0. The second-order valence-corrected chi connectivity index (χ2v) is 6.26. The van der Waals surface area contributed by atoms with Gasteiger partial charge in [0, 0.05) is 23.2 Å². The van der Waals surface area contributed by atoms with Crippen molar-refractivity contribution < 1.29 is 9.13 Å². The highest BCUT2D eigenvalue weighted by molar-refractivity contribution is 9.10. The zero-order valence-corrected chi connectivity index (χ0v) is 13.0. The number of hydrogen-bond donors (Lipinski definition) is 0. The molecule has 19 heavy (non-hydrogen) atoms. The fourth-order valence-corrected chi connectivity index (χ4v) is 3.00. The largest absolute Gasteiger partial charge is 0.377 e. The lowest BCUT2D eigenvalue weighted by molar-refractivity contribution is 0.0904. The van der Waals surface area contributed by atoms with Gasteiger partial charge in [0.2, 0.25) is 0 Å². The van der Waals surface area contributed by atoms with E-state index in [4.69, 9.17) is 4.74 Å². The lowest BCUT2D eigenvalue weighted by atomic mass is 9.96. The minimum atomic E-state index is -0.194. The van der Waals surface area contributed by atoms with Crippen molar-refractivity contribution in [3.8, 4) is 0 Å². The van der Waals surface area contributed by atoms with Crippen LogP contribution in [-0.4, -0.2) is 31.6 Å². The van der Waals surface area contributed by atoms with Crippen molar-refractivity contribution in [3.63, 3.8) is 0 Å². The highest BCUT2D eigenvalue weighted by Crippen LogP contribution is 2.19. The quantitative estimate of drug-likeness (QED) is 0.761. The maximum absolute atomic E-state index is 13.5. The molecule has 106 valence electrons. The van der Waals surface area contributed by atoms with Crippen LogP contribution in [0, 0.1) is 11.7 Å². The molecule has 0 N–H and O–H groups in total. The van der Waals surface area contributed by atoms with Gasteiger partial charge in [0.1, 0.15) is 5.82 Å². The third kappa shape index (κ3) is 4.86. The zero-order valence-electron chi connectivity index (χ0n) is 11.4. The summed E-state index contributed by atoms with van der Waals surface area (Å²) >= 11 is 3.35. The van der Waals surface area contributed by atoms with Gasteiger partial charge in [-0.25, -0.2) is 4.39 Å². The Bertz CT molecular complexity index is 413. The van der Waals surface area contributed by atoms with Crippen molar-refractivity contribution in [1.82, 2.24) is 4.90 Å². The molecule has 1 saturated heterocycles. The van der Waals surface area contributed by atoms with E-state index in [2.05, 4.69) is 27.9 Å². The topological polar surface area (TPSA) is 12.5 Å². The molecule has 1 unspecified atom stereocenters. The molecule has 2 nitrogen and oxygen atoms in total. The molecule has 1 fully saturated rings. The van der Waals surface area contributed by atoms with Crippen LogP contribution in [0.2, 0.25) is 0 Å². The first kappa shape index (κ1) is 14.9. The standard InChI is InChI=1S/C15H21BrFNO/c1-18-7-2-3-12(10-18)6-8-19-11-13-9-14(16)4-5-15(13)17/h4-5,9,12H,2-3,6-8,10-11H2,1H3. The monoisotopic (exact) mass is 329 g/mol. The number of halogens is 2. The van der Waals surface area contributed by atoms with Crippen molar-refractivity contribution in [1.29, 1.82) is 0 Å². The van der Waals surface area contributed by atoms with E-state index < -0.39 is 0 Å². The maximum Gasteiger partial charge on any atom is 0.128 e. The van der Waals surface area contributed by atoms with Crippen LogP contribution in [0.25, 0.3) is 0 Å². The van der Waals surface area contributed by atoms with Gasteiger partial charge in [-0.15, -0.1) is 0 Å². The second kappa shape index (κ2) is 7.36. The highest BCUT2D eigenvalue weighted by Gasteiger charge is 2.16. The van der Waals surface area contributed by atoms with Gasteiger partial charge in [0.25, 0.3) is 0 Å². The third-order valence-electron chi connectivity index (χ3n) is 3.66. The van der Waals surface area contributed by atoms with E-state index in [0.29, 0.717) is 18.8 Å². The van der Waals surface area contributed by atoms with E-state index in [-0.39, 0.29) is 5.82 Å². The average molecular weight is 330 g/mol. The number of piperidine rings is 1. The Labute approximate surface area is 123 Å². The molecule has 2 rings (SSSR count). The van der Waals surface area contributed by atoms with Crippen LogP contribution >= 0.6 is 15.9 Å². The number of ether oxygens (including phenoxy) is 1. The number of nitrogens with zero attached hydrogens (tertiary/aromatic N) is 1. The molecule has 1 aromatic carbocycles. The van der Waals surface area contributed by atoms with Gasteiger partial charge in [-0.1, -0.05) is 15.9 Å². The van der Waals surface area contributed by atoms with Crippen LogP contribution in [-0.2, 0) is 11.3 Å². The van der Waals surface area contributed by atoms with Gasteiger partial charge in [-0.2, -0.15) is 0 Å². The third-order valence-corrected chi connectivity index (χ3v) is 4.15. The fourth-order valence-electron chi connectivity index (χ4n) is 2.59. The number of hydrogen-bond acceptors (Lipinski definition) is 2. The molecule has 0 bridgehead atoms. The fraction of sp³-hybridized carbons (Fsp3) is 0.600. The van der Waals surface area contributed by atoms with E-state index in [1.807, 2.05) is 0 Å². The molecule has 1 heterocycles. The van der Waals surface area contributed by atoms with Crippen molar-refractivity contribution >= 4 is 15.9 Å². The lowest BCUT2D eigenvalue weighted by Crippen LogP contribution is -2.32. The molecule has 1 aromatic rings. The molecule has 0 saturated carbocycles. The Hall–Kier alpha value is -0.450. The zero-order chi connectivity index (χ0) is 13.7. The van der Waals surface area contributed by atoms with Gasteiger partial charge in [0.05, 0.1) is 6.61 Å². The van der Waals surface area contributed by atoms with Crippen molar-refractivity contribution in [2.75, 3.05) is 26.7 Å². The van der Waals surface area contributed by atoms with Gasteiger partial charge in [0.15, 0.2) is 0 Å². The molecule has 1 aliphatic rings. The van der Waals surface area contributed by atoms with Crippen LogP contribution in [0.4, 0.5) is 4.39 Å². The summed E-state index contributed by atoms with van der Waals surface area (Å²) in [5.41, 5.74) is 0.620. The summed E-state index contributed by atoms with van der Waals surface area (Å²) in [6.07, 6.45) is 3.64. The Morgan fingerprint density at radius 1 is 1.47 bits per heavy atom. The summed E-state index contributed by atoms with van der Waals surface area (Å²) in [5.74, 6) is 0.534. The molecule has 0 aliphatic carbocycles. The summed E-state index contributed by atoms with van der Waals surface area (Å²) in [4.78, 5) is 2.38. The summed E-state index contributed by atoms with van der Waals surface area (Å²) < 4.78 is 20.0. The molecule has 0 amide bonds. The Morgan fingerprint density at radius 2 is 2.32 bits per heavy atom. The molecule has 1 aliphatic heterocycles. The van der Waals surface area contributed by atoms with Crippen molar-refractivity contribution in [3.05, 3.63) is 34.1 Å². The summed E-state index contributed by atoms with van der Waals surface area (Å²) in [6, 6.07) is 4.96. The molecule has 0 spiro atoms. The van der Waals surface area contributed by atoms with E-state index >= 15 is 0 Å². The van der Waals surface area contributed by atoms with E-state index in [1.165, 1.54) is 25.5 Å². The number of benzene rings is 1. The molecular formula is C15H21BrFNO. The van der Waals surface area contributed by atoms with Crippen molar-refractivity contribution in [2.45, 2.75) is 25.9 Å². The maximum atomic E-state index is 13.5.